The van der Waals surface area contributed by atoms with Crippen molar-refractivity contribution >= 4 is 23.2 Å². The van der Waals surface area contributed by atoms with Gasteiger partial charge in [-0.25, -0.2) is 0 Å². The Balaban J connectivity index is 2.14. The van der Waals surface area contributed by atoms with Crippen molar-refractivity contribution in [1.82, 2.24) is 5.32 Å². The summed E-state index contributed by atoms with van der Waals surface area (Å²) in [5, 5.41) is 4.01. The van der Waals surface area contributed by atoms with E-state index in [1.54, 1.807) is 18.2 Å². The van der Waals surface area contributed by atoms with E-state index in [0.717, 1.165) is 6.54 Å². The first kappa shape index (κ1) is 10.4. The molecule has 0 spiro atoms. The van der Waals surface area contributed by atoms with Crippen LogP contribution in [0.25, 0.3) is 0 Å². The maximum absolute atomic E-state index is 5.86. The molecule has 77 valence electrons. The van der Waals surface area contributed by atoms with Crippen molar-refractivity contribution in [2.75, 3.05) is 6.54 Å². The molecule has 0 aliphatic carbocycles. The summed E-state index contributed by atoms with van der Waals surface area (Å²) in [6.45, 7) is 0.740. The minimum absolute atomic E-state index is 0.473. The molecule has 0 bridgehead atoms. The molecule has 0 fully saturated rings. The van der Waals surface area contributed by atoms with Gasteiger partial charge in [0.2, 0.25) is 5.88 Å². The first-order chi connectivity index (χ1) is 7.25. The van der Waals surface area contributed by atoms with Crippen molar-refractivity contribution in [2.45, 2.75) is 0 Å². The van der Waals surface area contributed by atoms with Gasteiger partial charge in [-0.05, 0) is 12.1 Å². The van der Waals surface area contributed by atoms with Gasteiger partial charge in [0.15, 0.2) is 0 Å². The number of hydrogen-bond donors (Lipinski definition) is 1. The van der Waals surface area contributed by atoms with Gasteiger partial charge in [-0.2, -0.15) is 0 Å². The summed E-state index contributed by atoms with van der Waals surface area (Å²) in [7, 11) is 0. The first-order valence-corrected chi connectivity index (χ1v) is 5.16. The highest BCUT2D eigenvalue weighted by Gasteiger charge is 2.04. The number of rotatable bonds is 2. The number of dihydropyridines is 1. The molecular formula is C11H8Cl2NO. The standard InChI is InChI=1S/C11H8Cl2NO/c12-9-5-4-8(7-10(9)13)15-11-3-1-2-6-14-11/h1-2,4-5,7,14H,6H2. The summed E-state index contributed by atoms with van der Waals surface area (Å²) >= 11 is 11.6. The van der Waals surface area contributed by atoms with Crippen LogP contribution in [0.15, 0.2) is 36.2 Å². The van der Waals surface area contributed by atoms with E-state index < -0.39 is 0 Å². The average Bonchev–Trinajstić information content (AvgIpc) is 2.25. The van der Waals surface area contributed by atoms with Crippen molar-refractivity contribution in [1.29, 1.82) is 0 Å². The van der Waals surface area contributed by atoms with Gasteiger partial charge in [0.25, 0.3) is 0 Å². The Morgan fingerprint density at radius 2 is 2.13 bits per heavy atom. The quantitative estimate of drug-likeness (QED) is 0.858. The summed E-state index contributed by atoms with van der Waals surface area (Å²) in [6.07, 6.45) is 6.68. The van der Waals surface area contributed by atoms with Gasteiger partial charge in [0, 0.05) is 18.7 Å². The zero-order chi connectivity index (χ0) is 10.7. The normalized spacial score (nSPS) is 14.4. The Labute approximate surface area is 98.1 Å². The lowest BCUT2D eigenvalue weighted by Crippen LogP contribution is -2.20. The monoisotopic (exact) mass is 240 g/mol. The molecule has 1 radical (unpaired) electrons. The molecule has 0 saturated carbocycles. The lowest BCUT2D eigenvalue weighted by molar-refractivity contribution is 0.382. The van der Waals surface area contributed by atoms with Crippen LogP contribution >= 0.6 is 23.2 Å². The van der Waals surface area contributed by atoms with E-state index in [-0.39, 0.29) is 0 Å². The van der Waals surface area contributed by atoms with Crippen LogP contribution in [0.4, 0.5) is 0 Å². The molecule has 2 rings (SSSR count). The van der Waals surface area contributed by atoms with Gasteiger partial charge in [-0.1, -0.05) is 35.4 Å². The van der Waals surface area contributed by atoms with Crippen LogP contribution in [0.5, 0.6) is 5.75 Å². The number of hydrogen-bond acceptors (Lipinski definition) is 2. The van der Waals surface area contributed by atoms with Crippen LogP contribution in [-0.2, 0) is 0 Å². The maximum Gasteiger partial charge on any atom is 0.201 e. The summed E-state index contributed by atoms with van der Waals surface area (Å²) in [5.74, 6) is 1.21. The highest BCUT2D eigenvalue weighted by atomic mass is 35.5. The molecule has 0 saturated heterocycles. The smallest absolute Gasteiger partial charge is 0.201 e. The molecule has 0 unspecified atom stereocenters. The third-order valence-electron chi connectivity index (χ3n) is 1.82. The summed E-state index contributed by atoms with van der Waals surface area (Å²) in [6, 6.07) is 5.11. The number of ether oxygens (including phenoxy) is 1. The molecule has 1 aromatic carbocycles. The van der Waals surface area contributed by atoms with E-state index >= 15 is 0 Å². The molecule has 0 amide bonds. The Hall–Kier alpha value is -1.12. The van der Waals surface area contributed by atoms with Crippen molar-refractivity contribution in [3.05, 3.63) is 52.4 Å². The van der Waals surface area contributed by atoms with Crippen LogP contribution in [0.2, 0.25) is 10.0 Å². The zero-order valence-electron chi connectivity index (χ0n) is 7.76. The molecule has 2 nitrogen and oxygen atoms in total. The van der Waals surface area contributed by atoms with Gasteiger partial charge in [0.05, 0.1) is 10.0 Å². The number of allylic oxidation sites excluding steroid dienone is 2. The second kappa shape index (κ2) is 4.60. The molecule has 0 atom stereocenters. The molecular weight excluding hydrogens is 233 g/mol. The molecule has 1 aromatic rings. The van der Waals surface area contributed by atoms with E-state index in [9.17, 15) is 0 Å². The molecule has 15 heavy (non-hydrogen) atoms. The largest absolute Gasteiger partial charge is 0.441 e. The Bertz CT molecular complexity index is 427. The van der Waals surface area contributed by atoms with Gasteiger partial charge in [0.1, 0.15) is 5.75 Å². The molecule has 0 aromatic heterocycles. The first-order valence-electron chi connectivity index (χ1n) is 4.41. The third kappa shape index (κ3) is 2.67. The fraction of sp³-hybridized carbons (Fsp3) is 0.0909. The zero-order valence-corrected chi connectivity index (χ0v) is 9.27. The fourth-order valence-corrected chi connectivity index (χ4v) is 1.41. The number of halogens is 2. The molecule has 1 N–H and O–H groups in total. The van der Waals surface area contributed by atoms with Crippen LogP contribution in [0.3, 0.4) is 0 Å². The Morgan fingerprint density at radius 1 is 1.27 bits per heavy atom. The van der Waals surface area contributed by atoms with E-state index in [2.05, 4.69) is 11.4 Å². The van der Waals surface area contributed by atoms with E-state index in [4.69, 9.17) is 27.9 Å². The minimum Gasteiger partial charge on any atom is -0.441 e. The second-order valence-electron chi connectivity index (χ2n) is 2.93. The van der Waals surface area contributed by atoms with Crippen molar-refractivity contribution in [2.24, 2.45) is 0 Å². The number of benzene rings is 1. The van der Waals surface area contributed by atoms with Crippen molar-refractivity contribution in [3.8, 4) is 5.75 Å². The van der Waals surface area contributed by atoms with Crippen molar-refractivity contribution < 1.29 is 4.74 Å². The molecule has 1 aliphatic rings. The molecule has 4 heteroatoms. The maximum atomic E-state index is 5.86. The topological polar surface area (TPSA) is 21.3 Å². The predicted molar refractivity (Wildman–Crippen MR) is 61.0 cm³/mol. The van der Waals surface area contributed by atoms with Gasteiger partial charge >= 0.3 is 0 Å². The summed E-state index contributed by atoms with van der Waals surface area (Å²) in [5.41, 5.74) is 0. The molecule has 1 heterocycles. The Kier molecular flexibility index (Phi) is 3.19. The van der Waals surface area contributed by atoms with Crippen LogP contribution < -0.4 is 10.1 Å². The van der Waals surface area contributed by atoms with E-state index in [0.29, 0.717) is 21.7 Å². The average molecular weight is 241 g/mol. The predicted octanol–water partition coefficient (Wildman–Crippen LogP) is 3.18. The van der Waals surface area contributed by atoms with Crippen LogP contribution in [0.1, 0.15) is 0 Å². The lowest BCUT2D eigenvalue weighted by Gasteiger charge is -2.12. The van der Waals surface area contributed by atoms with Gasteiger partial charge in [-0.15, -0.1) is 0 Å². The van der Waals surface area contributed by atoms with Crippen molar-refractivity contribution in [3.63, 3.8) is 0 Å². The second-order valence-corrected chi connectivity index (χ2v) is 3.75. The van der Waals surface area contributed by atoms with E-state index in [1.165, 1.54) is 0 Å². The van der Waals surface area contributed by atoms with Crippen LogP contribution in [-0.4, -0.2) is 6.54 Å². The summed E-state index contributed by atoms with van der Waals surface area (Å²) in [4.78, 5) is 0. The van der Waals surface area contributed by atoms with Gasteiger partial charge < -0.3 is 10.1 Å². The van der Waals surface area contributed by atoms with E-state index in [1.807, 2.05) is 12.2 Å². The molecule has 1 aliphatic heterocycles. The highest BCUT2D eigenvalue weighted by Crippen LogP contribution is 2.27. The minimum atomic E-state index is 0.473. The summed E-state index contributed by atoms with van der Waals surface area (Å²) < 4.78 is 5.49. The third-order valence-corrected chi connectivity index (χ3v) is 2.56. The highest BCUT2D eigenvalue weighted by molar-refractivity contribution is 6.42. The SMILES string of the molecule is Clc1ccc(OC2=[C]C=CCN2)cc1Cl. The fourth-order valence-electron chi connectivity index (χ4n) is 1.12. The van der Waals surface area contributed by atoms with Crippen LogP contribution in [0, 0.1) is 6.08 Å². The Morgan fingerprint density at radius 3 is 2.80 bits per heavy atom. The lowest BCUT2D eigenvalue weighted by atomic mass is 10.3. The van der Waals surface area contributed by atoms with Gasteiger partial charge in [-0.3, -0.25) is 0 Å². The number of nitrogens with one attached hydrogen (secondary N) is 1.